The lowest BCUT2D eigenvalue weighted by molar-refractivity contribution is 0.0747. The first kappa shape index (κ1) is 20.5. The minimum absolute atomic E-state index is 0.0963. The lowest BCUT2D eigenvalue weighted by atomic mass is 10.1. The van der Waals surface area contributed by atoms with Crippen molar-refractivity contribution < 1.29 is 4.79 Å². The van der Waals surface area contributed by atoms with Crippen molar-refractivity contribution in [1.29, 1.82) is 0 Å². The molecule has 164 valence electrons. The van der Waals surface area contributed by atoms with Crippen molar-refractivity contribution in [3.63, 3.8) is 0 Å². The molecule has 2 fully saturated rings. The summed E-state index contributed by atoms with van der Waals surface area (Å²) in [5.74, 6) is 1.04. The molecule has 0 spiro atoms. The number of aromatic nitrogens is 2. The second-order valence-corrected chi connectivity index (χ2v) is 8.61. The Kier molecular flexibility index (Phi) is 5.75. The van der Waals surface area contributed by atoms with Gasteiger partial charge in [0, 0.05) is 68.5 Å². The van der Waals surface area contributed by atoms with Crippen LogP contribution in [0.4, 0.5) is 11.5 Å². The summed E-state index contributed by atoms with van der Waals surface area (Å²) in [6, 6.07) is 16.4. The molecular weight excluding hydrogens is 398 g/mol. The first-order chi connectivity index (χ1) is 15.7. The van der Waals surface area contributed by atoms with Gasteiger partial charge in [-0.15, -0.1) is 0 Å². The van der Waals surface area contributed by atoms with E-state index in [0.29, 0.717) is 0 Å². The Morgan fingerprint density at radius 2 is 1.41 bits per heavy atom. The second-order valence-electron chi connectivity index (χ2n) is 8.61. The molecule has 2 aromatic carbocycles. The van der Waals surface area contributed by atoms with Crippen LogP contribution in [0.15, 0.2) is 60.9 Å². The quantitative estimate of drug-likeness (QED) is 0.630. The molecule has 0 atom stereocenters. The molecule has 3 aromatic rings. The first-order valence-electron chi connectivity index (χ1n) is 11.5. The molecule has 0 saturated carbocycles. The third-order valence-corrected chi connectivity index (χ3v) is 6.46. The first-order valence-corrected chi connectivity index (χ1v) is 11.5. The van der Waals surface area contributed by atoms with Crippen LogP contribution in [0.3, 0.4) is 0 Å². The van der Waals surface area contributed by atoms with Crippen molar-refractivity contribution >= 4 is 17.4 Å². The highest BCUT2D eigenvalue weighted by atomic mass is 16.2. The topological polar surface area (TPSA) is 52.6 Å². The van der Waals surface area contributed by atoms with Gasteiger partial charge in [0.25, 0.3) is 5.91 Å². The number of anilines is 2. The Bertz CT molecular complexity index is 1070. The number of nitrogens with zero attached hydrogens (tertiary/aromatic N) is 5. The molecule has 1 amide bonds. The van der Waals surface area contributed by atoms with Gasteiger partial charge in [0.1, 0.15) is 5.69 Å². The van der Waals surface area contributed by atoms with Gasteiger partial charge in [-0.2, -0.15) is 0 Å². The summed E-state index contributed by atoms with van der Waals surface area (Å²) in [6.45, 7) is 7.32. The van der Waals surface area contributed by atoms with Gasteiger partial charge in [0.15, 0.2) is 5.82 Å². The van der Waals surface area contributed by atoms with Gasteiger partial charge >= 0.3 is 0 Å². The number of carbonyl (C=O) groups is 1. The molecule has 5 rings (SSSR count). The van der Waals surface area contributed by atoms with Crippen LogP contribution in [0.25, 0.3) is 11.3 Å². The Morgan fingerprint density at radius 1 is 0.750 bits per heavy atom. The molecular formula is C26H29N5O. The normalized spacial score (nSPS) is 16.5. The molecule has 0 unspecified atom stereocenters. The fourth-order valence-electron chi connectivity index (χ4n) is 4.57. The molecule has 0 radical (unpaired) electrons. The zero-order valence-corrected chi connectivity index (χ0v) is 18.6. The Balaban J connectivity index is 1.26. The molecule has 2 aliphatic heterocycles. The molecule has 1 aromatic heterocycles. The van der Waals surface area contributed by atoms with E-state index in [4.69, 9.17) is 0 Å². The van der Waals surface area contributed by atoms with Crippen molar-refractivity contribution in [2.45, 2.75) is 19.8 Å². The van der Waals surface area contributed by atoms with Crippen LogP contribution in [0.2, 0.25) is 0 Å². The molecule has 2 saturated heterocycles. The van der Waals surface area contributed by atoms with E-state index in [-0.39, 0.29) is 5.91 Å². The Labute approximate surface area is 189 Å². The van der Waals surface area contributed by atoms with Crippen LogP contribution in [0.5, 0.6) is 0 Å². The second kappa shape index (κ2) is 8.99. The van der Waals surface area contributed by atoms with E-state index in [1.807, 2.05) is 29.2 Å². The predicted molar refractivity (Wildman–Crippen MR) is 128 cm³/mol. The molecule has 2 aliphatic rings. The average Bonchev–Trinajstić information content (AvgIpc) is 3.39. The standard InChI is InChI=1S/C26H29N5O/c1-20-4-10-23(11-5-20)29-16-18-31(19-17-29)26(32)22-8-6-21(7-9-22)24-25(28-13-12-27-24)30-14-2-3-15-30/h4-13H,2-3,14-19H2,1H3. The summed E-state index contributed by atoms with van der Waals surface area (Å²) in [6.07, 6.45) is 5.88. The van der Waals surface area contributed by atoms with E-state index >= 15 is 0 Å². The lowest BCUT2D eigenvalue weighted by Gasteiger charge is -2.36. The van der Waals surface area contributed by atoms with Crippen LogP contribution in [0, 0.1) is 6.92 Å². The Hall–Kier alpha value is -3.41. The molecule has 6 heteroatoms. The van der Waals surface area contributed by atoms with Gasteiger partial charge in [0.2, 0.25) is 0 Å². The van der Waals surface area contributed by atoms with Gasteiger partial charge in [-0.3, -0.25) is 9.78 Å². The molecule has 6 nitrogen and oxygen atoms in total. The lowest BCUT2D eigenvalue weighted by Crippen LogP contribution is -2.48. The van der Waals surface area contributed by atoms with Crippen LogP contribution in [0.1, 0.15) is 28.8 Å². The molecule has 3 heterocycles. The summed E-state index contributed by atoms with van der Waals surface area (Å²) >= 11 is 0. The van der Waals surface area contributed by atoms with Crippen molar-refractivity contribution in [1.82, 2.24) is 14.9 Å². The largest absolute Gasteiger partial charge is 0.368 e. The maximum atomic E-state index is 13.1. The zero-order valence-electron chi connectivity index (χ0n) is 18.6. The van der Waals surface area contributed by atoms with Crippen LogP contribution < -0.4 is 9.80 Å². The number of hydrogen-bond acceptors (Lipinski definition) is 5. The average molecular weight is 428 g/mol. The number of aryl methyl sites for hydroxylation is 1. The summed E-state index contributed by atoms with van der Waals surface area (Å²) in [5.41, 5.74) is 5.11. The minimum atomic E-state index is 0.0963. The number of piperazine rings is 1. The van der Waals surface area contributed by atoms with Gasteiger partial charge in [0.05, 0.1) is 0 Å². The molecule has 0 N–H and O–H groups in total. The highest BCUT2D eigenvalue weighted by Crippen LogP contribution is 2.29. The van der Waals surface area contributed by atoms with E-state index < -0.39 is 0 Å². The van der Waals surface area contributed by atoms with Crippen molar-refractivity contribution in [3.05, 3.63) is 72.1 Å². The fourth-order valence-corrected chi connectivity index (χ4v) is 4.57. The number of hydrogen-bond donors (Lipinski definition) is 0. The maximum Gasteiger partial charge on any atom is 0.253 e. The van der Waals surface area contributed by atoms with E-state index in [0.717, 1.165) is 61.9 Å². The third kappa shape index (κ3) is 4.17. The summed E-state index contributed by atoms with van der Waals surface area (Å²) < 4.78 is 0. The molecule has 0 bridgehead atoms. The fraction of sp³-hybridized carbons (Fsp3) is 0.346. The summed E-state index contributed by atoms with van der Waals surface area (Å²) in [5, 5.41) is 0. The van der Waals surface area contributed by atoms with E-state index in [1.165, 1.54) is 24.1 Å². The minimum Gasteiger partial charge on any atom is -0.368 e. The van der Waals surface area contributed by atoms with Crippen LogP contribution >= 0.6 is 0 Å². The van der Waals surface area contributed by atoms with E-state index in [2.05, 4.69) is 51.0 Å². The number of amides is 1. The maximum absolute atomic E-state index is 13.1. The number of carbonyl (C=O) groups excluding carboxylic acids is 1. The highest BCUT2D eigenvalue weighted by Gasteiger charge is 2.23. The molecule has 0 aliphatic carbocycles. The highest BCUT2D eigenvalue weighted by molar-refractivity contribution is 5.95. The van der Waals surface area contributed by atoms with Crippen molar-refractivity contribution in [2.75, 3.05) is 49.1 Å². The van der Waals surface area contributed by atoms with E-state index in [1.54, 1.807) is 12.4 Å². The summed E-state index contributed by atoms with van der Waals surface area (Å²) in [7, 11) is 0. The predicted octanol–water partition coefficient (Wildman–Crippen LogP) is 4.01. The zero-order chi connectivity index (χ0) is 21.9. The van der Waals surface area contributed by atoms with E-state index in [9.17, 15) is 4.79 Å². The summed E-state index contributed by atoms with van der Waals surface area (Å²) in [4.78, 5) is 28.9. The molecule has 32 heavy (non-hydrogen) atoms. The van der Waals surface area contributed by atoms with Crippen molar-refractivity contribution in [2.24, 2.45) is 0 Å². The number of benzene rings is 2. The third-order valence-electron chi connectivity index (χ3n) is 6.46. The van der Waals surface area contributed by atoms with Crippen molar-refractivity contribution in [3.8, 4) is 11.3 Å². The van der Waals surface area contributed by atoms with Gasteiger partial charge < -0.3 is 14.7 Å². The number of rotatable bonds is 4. The Morgan fingerprint density at radius 3 is 2.09 bits per heavy atom. The van der Waals surface area contributed by atoms with Gasteiger partial charge in [-0.05, 0) is 44.0 Å². The van der Waals surface area contributed by atoms with Crippen LogP contribution in [-0.2, 0) is 0 Å². The SMILES string of the molecule is Cc1ccc(N2CCN(C(=O)c3ccc(-c4nccnc4N4CCCC4)cc3)CC2)cc1. The monoisotopic (exact) mass is 427 g/mol. The van der Waals surface area contributed by atoms with Gasteiger partial charge in [-0.25, -0.2) is 4.98 Å². The van der Waals surface area contributed by atoms with Gasteiger partial charge in [-0.1, -0.05) is 29.8 Å². The van der Waals surface area contributed by atoms with Crippen LogP contribution in [-0.4, -0.2) is 60.0 Å². The smallest absolute Gasteiger partial charge is 0.253 e.